The number of rotatable bonds is 3. The minimum Gasteiger partial charge on any atom is -0.334 e. The molecule has 0 aliphatic carbocycles. The zero-order valence-electron chi connectivity index (χ0n) is 15.9. The molecule has 144 valence electrons. The molecule has 4 nitrogen and oxygen atoms in total. The SMILES string of the molecule is CCN1C(=O)/C(=C2\Sc3ccccc3N2CC)SC1=Nc1ccc(I)cc1C. The van der Waals surface area contributed by atoms with Gasteiger partial charge in [0.2, 0.25) is 0 Å². The molecule has 2 aromatic carbocycles. The van der Waals surface area contributed by atoms with E-state index >= 15 is 0 Å². The second kappa shape index (κ2) is 8.12. The smallest absolute Gasteiger partial charge is 0.269 e. The Labute approximate surface area is 187 Å². The van der Waals surface area contributed by atoms with Crippen molar-refractivity contribution in [2.24, 2.45) is 4.99 Å². The third kappa shape index (κ3) is 3.48. The molecular formula is C21H20IN3OS2. The largest absolute Gasteiger partial charge is 0.334 e. The molecule has 2 aliphatic heterocycles. The summed E-state index contributed by atoms with van der Waals surface area (Å²) in [5, 5.41) is 1.77. The molecule has 7 heteroatoms. The molecule has 0 aromatic heterocycles. The normalized spacial score (nSPS) is 20.4. The van der Waals surface area contributed by atoms with Gasteiger partial charge in [0, 0.05) is 21.6 Å². The Balaban J connectivity index is 1.76. The van der Waals surface area contributed by atoms with E-state index in [0.29, 0.717) is 6.54 Å². The van der Waals surface area contributed by atoms with Crippen molar-refractivity contribution in [2.45, 2.75) is 25.7 Å². The Morgan fingerprint density at radius 1 is 1.04 bits per heavy atom. The molecule has 0 N–H and O–H groups in total. The molecule has 1 saturated heterocycles. The topological polar surface area (TPSA) is 35.9 Å². The Bertz CT molecular complexity index is 1020. The van der Waals surface area contributed by atoms with Gasteiger partial charge in [0.1, 0.15) is 9.93 Å². The number of nitrogens with zero attached hydrogens (tertiary/aromatic N) is 3. The first-order valence-corrected chi connectivity index (χ1v) is 11.9. The lowest BCUT2D eigenvalue weighted by atomic mass is 10.2. The first-order valence-electron chi connectivity index (χ1n) is 9.16. The number of hydrogen-bond acceptors (Lipinski definition) is 5. The second-order valence-corrected chi connectivity index (χ2v) is 9.68. The maximum Gasteiger partial charge on any atom is 0.269 e. The number of amides is 1. The molecule has 4 rings (SSSR count). The molecule has 0 saturated carbocycles. The summed E-state index contributed by atoms with van der Waals surface area (Å²) in [6.07, 6.45) is 0. The number of thioether (sulfide) groups is 2. The minimum absolute atomic E-state index is 0.0446. The first kappa shape index (κ1) is 19.8. The van der Waals surface area contributed by atoms with Crippen LogP contribution >= 0.6 is 46.1 Å². The second-order valence-electron chi connectivity index (χ2n) is 6.42. The number of anilines is 1. The van der Waals surface area contributed by atoms with Crippen molar-refractivity contribution in [3.8, 4) is 0 Å². The van der Waals surface area contributed by atoms with Crippen molar-refractivity contribution < 1.29 is 4.79 Å². The van der Waals surface area contributed by atoms with Gasteiger partial charge in [-0.1, -0.05) is 23.9 Å². The molecule has 0 radical (unpaired) electrons. The molecule has 1 amide bonds. The van der Waals surface area contributed by atoms with E-state index in [4.69, 9.17) is 4.99 Å². The van der Waals surface area contributed by atoms with Crippen LogP contribution in [0.4, 0.5) is 11.4 Å². The third-order valence-electron chi connectivity index (χ3n) is 4.67. The highest BCUT2D eigenvalue weighted by atomic mass is 127. The summed E-state index contributed by atoms with van der Waals surface area (Å²) >= 11 is 5.47. The Morgan fingerprint density at radius 2 is 1.79 bits per heavy atom. The quantitative estimate of drug-likeness (QED) is 0.368. The fourth-order valence-corrected chi connectivity index (χ4v) is 6.36. The Morgan fingerprint density at radius 3 is 2.50 bits per heavy atom. The van der Waals surface area contributed by atoms with Crippen LogP contribution in [0.2, 0.25) is 0 Å². The minimum atomic E-state index is 0.0446. The highest BCUT2D eigenvalue weighted by Gasteiger charge is 2.38. The molecule has 0 unspecified atom stereocenters. The number of halogens is 1. The van der Waals surface area contributed by atoms with Crippen molar-refractivity contribution in [3.63, 3.8) is 0 Å². The van der Waals surface area contributed by atoms with Crippen LogP contribution in [0.25, 0.3) is 0 Å². The van der Waals surface area contributed by atoms with Crippen LogP contribution in [-0.4, -0.2) is 29.1 Å². The number of aliphatic imine (C=N–C) groups is 1. The number of amidine groups is 1. The lowest BCUT2D eigenvalue weighted by Gasteiger charge is -2.19. The molecule has 0 atom stereocenters. The third-order valence-corrected chi connectivity index (χ3v) is 7.72. The van der Waals surface area contributed by atoms with Gasteiger partial charge in [-0.2, -0.15) is 0 Å². The van der Waals surface area contributed by atoms with E-state index in [9.17, 15) is 4.79 Å². The molecule has 2 aromatic rings. The molecule has 0 spiro atoms. The van der Waals surface area contributed by atoms with Crippen LogP contribution in [0.5, 0.6) is 0 Å². The average Bonchev–Trinajstić information content (AvgIpc) is 3.20. The number of para-hydroxylation sites is 1. The summed E-state index contributed by atoms with van der Waals surface area (Å²) in [5.74, 6) is 0.0446. The van der Waals surface area contributed by atoms with Gasteiger partial charge in [-0.15, -0.1) is 0 Å². The van der Waals surface area contributed by atoms with E-state index in [1.807, 2.05) is 31.2 Å². The van der Waals surface area contributed by atoms with Gasteiger partial charge in [-0.25, -0.2) is 4.99 Å². The van der Waals surface area contributed by atoms with E-state index < -0.39 is 0 Å². The van der Waals surface area contributed by atoms with E-state index in [-0.39, 0.29) is 5.91 Å². The molecule has 28 heavy (non-hydrogen) atoms. The van der Waals surface area contributed by atoms with Crippen LogP contribution in [0.3, 0.4) is 0 Å². The Kier molecular flexibility index (Phi) is 5.76. The van der Waals surface area contributed by atoms with Crippen LogP contribution in [0.1, 0.15) is 19.4 Å². The number of aryl methyl sites for hydroxylation is 1. The molecule has 2 aliphatic rings. The zero-order valence-corrected chi connectivity index (χ0v) is 19.7. The van der Waals surface area contributed by atoms with E-state index in [2.05, 4.69) is 59.5 Å². The summed E-state index contributed by atoms with van der Waals surface area (Å²) in [5.41, 5.74) is 3.20. The predicted molar refractivity (Wildman–Crippen MR) is 128 cm³/mol. The molecule has 0 bridgehead atoms. The van der Waals surface area contributed by atoms with Crippen molar-refractivity contribution in [3.05, 3.63) is 61.5 Å². The number of fused-ring (bicyclic) bond motifs is 1. The van der Waals surface area contributed by atoms with Gasteiger partial charge in [0.15, 0.2) is 5.17 Å². The molecular weight excluding hydrogens is 501 g/mol. The van der Waals surface area contributed by atoms with Crippen molar-refractivity contribution >= 4 is 68.6 Å². The summed E-state index contributed by atoms with van der Waals surface area (Å²) in [7, 11) is 0. The fraction of sp³-hybridized carbons (Fsp3) is 0.238. The lowest BCUT2D eigenvalue weighted by Crippen LogP contribution is -2.29. The number of hydrogen-bond donors (Lipinski definition) is 0. The van der Waals surface area contributed by atoms with Crippen LogP contribution < -0.4 is 4.90 Å². The van der Waals surface area contributed by atoms with Crippen molar-refractivity contribution in [1.29, 1.82) is 0 Å². The van der Waals surface area contributed by atoms with Gasteiger partial charge in [0.05, 0.1) is 11.4 Å². The number of likely N-dealkylation sites (N-methyl/N-ethyl adjacent to an activating group) is 1. The first-order chi connectivity index (χ1) is 13.5. The average molecular weight is 521 g/mol. The van der Waals surface area contributed by atoms with Gasteiger partial charge in [0.25, 0.3) is 5.91 Å². The van der Waals surface area contributed by atoms with Gasteiger partial charge < -0.3 is 4.90 Å². The maximum absolute atomic E-state index is 13.2. The van der Waals surface area contributed by atoms with Crippen LogP contribution in [0.15, 0.2) is 62.3 Å². The number of benzene rings is 2. The van der Waals surface area contributed by atoms with Crippen LogP contribution in [-0.2, 0) is 4.79 Å². The summed E-state index contributed by atoms with van der Waals surface area (Å²) < 4.78 is 1.18. The van der Waals surface area contributed by atoms with Gasteiger partial charge in [-0.05, 0) is 91.0 Å². The summed E-state index contributed by atoms with van der Waals surface area (Å²) in [6, 6.07) is 14.5. The monoisotopic (exact) mass is 521 g/mol. The molecule has 2 heterocycles. The van der Waals surface area contributed by atoms with E-state index in [1.165, 1.54) is 25.9 Å². The highest BCUT2D eigenvalue weighted by Crippen LogP contribution is 2.50. The highest BCUT2D eigenvalue weighted by molar-refractivity contribution is 14.1. The van der Waals surface area contributed by atoms with Gasteiger partial charge in [-0.3, -0.25) is 9.69 Å². The fourth-order valence-electron chi connectivity index (χ4n) is 3.26. The van der Waals surface area contributed by atoms with E-state index in [0.717, 1.165) is 32.9 Å². The maximum atomic E-state index is 13.2. The Hall–Kier alpha value is -1.45. The lowest BCUT2D eigenvalue weighted by molar-refractivity contribution is -0.122. The number of carbonyl (C=O) groups excluding carboxylic acids is 1. The number of carbonyl (C=O) groups is 1. The van der Waals surface area contributed by atoms with E-state index in [1.54, 1.807) is 16.7 Å². The van der Waals surface area contributed by atoms with Crippen molar-refractivity contribution in [1.82, 2.24) is 4.90 Å². The standard InChI is InChI=1S/C21H20IN3OS2/c1-4-24-16-8-6-7-9-17(16)27-20(24)18-19(26)25(5-2)21(28-18)23-15-11-10-14(22)12-13(15)3/h6-12H,4-5H2,1-3H3/b20-18+,23-21?. The predicted octanol–water partition coefficient (Wildman–Crippen LogP) is 5.98. The van der Waals surface area contributed by atoms with Crippen LogP contribution in [0, 0.1) is 10.5 Å². The summed E-state index contributed by atoms with van der Waals surface area (Å²) in [4.78, 5) is 24.0. The molecule has 1 fully saturated rings. The van der Waals surface area contributed by atoms with Crippen molar-refractivity contribution in [2.75, 3.05) is 18.0 Å². The zero-order chi connectivity index (χ0) is 19.8. The van der Waals surface area contributed by atoms with Gasteiger partial charge >= 0.3 is 0 Å². The summed E-state index contributed by atoms with van der Waals surface area (Å²) in [6.45, 7) is 7.60.